The van der Waals surface area contributed by atoms with Crippen molar-refractivity contribution in [1.29, 1.82) is 0 Å². The van der Waals surface area contributed by atoms with Crippen LogP contribution in [0.3, 0.4) is 0 Å². The van der Waals surface area contributed by atoms with Gasteiger partial charge in [0.2, 0.25) is 0 Å². The lowest BCUT2D eigenvalue weighted by atomic mass is 10.2. The summed E-state index contributed by atoms with van der Waals surface area (Å²) >= 11 is 1.38. The van der Waals surface area contributed by atoms with E-state index in [9.17, 15) is 9.59 Å². The van der Waals surface area contributed by atoms with Gasteiger partial charge in [-0.3, -0.25) is 9.78 Å². The Bertz CT molecular complexity index is 872. The van der Waals surface area contributed by atoms with Gasteiger partial charge in [-0.15, -0.1) is 11.3 Å². The van der Waals surface area contributed by atoms with Crippen LogP contribution in [0.1, 0.15) is 10.4 Å². The van der Waals surface area contributed by atoms with Crippen LogP contribution in [-0.2, 0) is 4.74 Å². The summed E-state index contributed by atoms with van der Waals surface area (Å²) < 4.78 is 5.47. The van der Waals surface area contributed by atoms with E-state index in [4.69, 9.17) is 0 Å². The first kappa shape index (κ1) is 13.4. The number of esters is 1. The van der Waals surface area contributed by atoms with E-state index in [1.165, 1.54) is 24.6 Å². The molecule has 2 aromatic heterocycles. The van der Waals surface area contributed by atoms with Crippen LogP contribution in [0.2, 0.25) is 0 Å². The maximum atomic E-state index is 12.0. The van der Waals surface area contributed by atoms with Gasteiger partial charge in [-0.05, 0) is 24.3 Å². The number of nitrogens with zero attached hydrogens (tertiary/aromatic N) is 2. The summed E-state index contributed by atoms with van der Waals surface area (Å²) in [5.41, 5.74) is 0.628. The van der Waals surface area contributed by atoms with Crippen molar-refractivity contribution < 1.29 is 9.53 Å². The molecule has 0 radical (unpaired) electrons. The summed E-state index contributed by atoms with van der Waals surface area (Å²) in [5.74, 6) is -0.450. The molecule has 0 atom stereocenters. The van der Waals surface area contributed by atoms with Crippen molar-refractivity contribution in [3.8, 4) is 10.7 Å². The monoisotopic (exact) mass is 298 g/mol. The van der Waals surface area contributed by atoms with Crippen LogP contribution < -0.4 is 5.56 Å². The summed E-state index contributed by atoms with van der Waals surface area (Å²) in [7, 11) is 1.31. The fraction of sp³-hybridized carbons (Fsp3) is 0.0667. The number of pyridine rings is 1. The third kappa shape index (κ3) is 2.53. The highest BCUT2D eigenvalue weighted by atomic mass is 32.1. The minimum Gasteiger partial charge on any atom is -0.465 e. The van der Waals surface area contributed by atoms with E-state index in [-0.39, 0.29) is 5.56 Å². The van der Waals surface area contributed by atoms with Gasteiger partial charge in [-0.25, -0.2) is 4.79 Å². The zero-order valence-corrected chi connectivity index (χ0v) is 11.9. The van der Waals surface area contributed by atoms with E-state index in [1.807, 2.05) is 12.1 Å². The lowest BCUT2D eigenvalue weighted by molar-refractivity contribution is 0.0600. The molecule has 0 aliphatic carbocycles. The third-order valence-electron chi connectivity index (χ3n) is 2.93. The smallest absolute Gasteiger partial charge is 0.339 e. The molecule has 0 amide bonds. The average Bonchev–Trinajstić information content (AvgIpc) is 2.54. The molecule has 6 heteroatoms. The Morgan fingerprint density at radius 2 is 2.00 bits per heavy atom. The Morgan fingerprint density at radius 1 is 1.19 bits per heavy atom. The summed E-state index contributed by atoms with van der Waals surface area (Å²) in [4.78, 5) is 31.6. The van der Waals surface area contributed by atoms with Crippen LogP contribution in [0.4, 0.5) is 0 Å². The van der Waals surface area contributed by atoms with Crippen LogP contribution in [0.25, 0.3) is 20.8 Å². The third-order valence-corrected chi connectivity index (χ3v) is 4.00. The number of carbonyl (C=O) groups excluding carboxylic acids is 1. The molecule has 0 bridgehead atoms. The molecule has 2 heterocycles. The highest BCUT2D eigenvalue weighted by molar-refractivity contribution is 7.21. The molecule has 3 aromatic rings. The van der Waals surface area contributed by atoms with Crippen molar-refractivity contribution >= 4 is 27.4 Å². The number of hydrogen-bond acceptors (Lipinski definition) is 6. The number of rotatable bonds is 2. The molecular formula is C15H10N2O3S. The fourth-order valence-electron chi connectivity index (χ4n) is 1.88. The molecule has 1 aromatic carbocycles. The van der Waals surface area contributed by atoms with Crippen LogP contribution >= 0.6 is 11.3 Å². The van der Waals surface area contributed by atoms with Gasteiger partial charge in [0.05, 0.1) is 23.8 Å². The Hall–Kier alpha value is -2.60. The Balaban J connectivity index is 2.08. The highest BCUT2D eigenvalue weighted by Crippen LogP contribution is 2.24. The van der Waals surface area contributed by atoms with E-state index in [0.29, 0.717) is 21.7 Å². The summed E-state index contributed by atoms with van der Waals surface area (Å²) in [6, 6.07) is 10.5. The second-order valence-electron chi connectivity index (χ2n) is 4.24. The predicted octanol–water partition coefficient (Wildman–Crippen LogP) is 2.51. The number of ether oxygens (including phenoxy) is 1. The van der Waals surface area contributed by atoms with Gasteiger partial charge in [0.1, 0.15) is 5.01 Å². The molecule has 21 heavy (non-hydrogen) atoms. The molecule has 0 saturated carbocycles. The van der Waals surface area contributed by atoms with E-state index < -0.39 is 5.97 Å². The SMILES string of the molecule is COC(=O)c1ccc(-c2nc(=O)c3ccccc3s2)nc1. The van der Waals surface area contributed by atoms with Gasteiger partial charge in [0.15, 0.2) is 0 Å². The van der Waals surface area contributed by atoms with Crippen LogP contribution in [0.5, 0.6) is 0 Å². The van der Waals surface area contributed by atoms with Crippen molar-refractivity contribution in [3.63, 3.8) is 0 Å². The Morgan fingerprint density at radius 3 is 2.71 bits per heavy atom. The van der Waals surface area contributed by atoms with E-state index >= 15 is 0 Å². The largest absolute Gasteiger partial charge is 0.465 e. The van der Waals surface area contributed by atoms with Crippen LogP contribution in [0.15, 0.2) is 47.4 Å². The van der Waals surface area contributed by atoms with Gasteiger partial charge >= 0.3 is 5.97 Å². The maximum Gasteiger partial charge on any atom is 0.339 e. The molecule has 0 fully saturated rings. The Labute approximate surface area is 123 Å². The molecule has 0 aliphatic heterocycles. The number of fused-ring (bicyclic) bond motifs is 1. The number of carbonyl (C=O) groups is 1. The minimum absolute atomic E-state index is 0.279. The minimum atomic E-state index is -0.450. The van der Waals surface area contributed by atoms with Crippen molar-refractivity contribution in [1.82, 2.24) is 9.97 Å². The van der Waals surface area contributed by atoms with Crippen LogP contribution in [0, 0.1) is 0 Å². The molecular weight excluding hydrogens is 288 g/mol. The molecule has 5 nitrogen and oxygen atoms in total. The van der Waals surface area contributed by atoms with Gasteiger partial charge < -0.3 is 4.74 Å². The lowest BCUT2D eigenvalue weighted by Gasteiger charge is -2.02. The molecule has 104 valence electrons. The summed E-state index contributed by atoms with van der Waals surface area (Å²) in [5, 5.41) is 1.12. The van der Waals surface area contributed by atoms with E-state index in [1.54, 1.807) is 24.3 Å². The van der Waals surface area contributed by atoms with Gasteiger partial charge in [0, 0.05) is 10.9 Å². The maximum absolute atomic E-state index is 12.0. The molecule has 0 N–H and O–H groups in total. The van der Waals surface area contributed by atoms with E-state index in [2.05, 4.69) is 14.7 Å². The first-order valence-corrected chi connectivity index (χ1v) is 6.95. The Kier molecular flexibility index (Phi) is 3.45. The number of methoxy groups -OCH3 is 1. The number of hydrogen-bond donors (Lipinski definition) is 0. The van der Waals surface area contributed by atoms with Gasteiger partial charge in [-0.1, -0.05) is 12.1 Å². The highest BCUT2D eigenvalue weighted by Gasteiger charge is 2.10. The molecule has 0 spiro atoms. The molecule has 0 unspecified atom stereocenters. The average molecular weight is 298 g/mol. The second kappa shape index (κ2) is 5.41. The topological polar surface area (TPSA) is 69.2 Å². The zero-order chi connectivity index (χ0) is 14.8. The quantitative estimate of drug-likeness (QED) is 0.680. The second-order valence-corrected chi connectivity index (χ2v) is 5.27. The number of aromatic nitrogens is 2. The first-order valence-electron chi connectivity index (χ1n) is 6.13. The predicted molar refractivity (Wildman–Crippen MR) is 80.5 cm³/mol. The van der Waals surface area contributed by atoms with Crippen molar-refractivity contribution in [2.45, 2.75) is 0 Å². The van der Waals surface area contributed by atoms with Crippen LogP contribution in [-0.4, -0.2) is 23.0 Å². The fourth-order valence-corrected chi connectivity index (χ4v) is 2.85. The van der Waals surface area contributed by atoms with Gasteiger partial charge in [0.25, 0.3) is 5.56 Å². The van der Waals surface area contributed by atoms with Crippen molar-refractivity contribution in [2.24, 2.45) is 0 Å². The molecule has 0 aliphatic rings. The first-order chi connectivity index (χ1) is 10.2. The molecule has 3 rings (SSSR count). The van der Waals surface area contributed by atoms with Crippen molar-refractivity contribution in [2.75, 3.05) is 7.11 Å². The number of benzene rings is 1. The van der Waals surface area contributed by atoms with Crippen molar-refractivity contribution in [3.05, 3.63) is 58.5 Å². The summed E-state index contributed by atoms with van der Waals surface area (Å²) in [6.45, 7) is 0. The normalized spacial score (nSPS) is 10.5. The van der Waals surface area contributed by atoms with E-state index in [0.717, 1.165) is 4.70 Å². The summed E-state index contributed by atoms with van der Waals surface area (Å²) in [6.07, 6.45) is 1.41. The van der Waals surface area contributed by atoms with Gasteiger partial charge in [-0.2, -0.15) is 4.98 Å². The molecule has 0 saturated heterocycles. The standard InChI is InChI=1S/C15H10N2O3S/c1-20-15(19)9-6-7-11(16-8-9)14-17-13(18)10-4-2-3-5-12(10)21-14/h2-8H,1H3. The zero-order valence-electron chi connectivity index (χ0n) is 11.1. The lowest BCUT2D eigenvalue weighted by Crippen LogP contribution is -2.06.